The normalized spacial score (nSPS) is 16.5. The Kier molecular flexibility index (Phi) is 5.47. The molecule has 0 aliphatic carbocycles. The van der Waals surface area contributed by atoms with Crippen molar-refractivity contribution < 1.29 is 9.53 Å². The molecule has 0 N–H and O–H groups in total. The Bertz CT molecular complexity index is 828. The van der Waals surface area contributed by atoms with Gasteiger partial charge in [-0.15, -0.1) is 0 Å². The van der Waals surface area contributed by atoms with Gasteiger partial charge in [0.15, 0.2) is 0 Å². The smallest absolute Gasteiger partial charge is 0.227 e. The average Bonchev–Trinajstić information content (AvgIpc) is 2.61. The zero-order valence-corrected chi connectivity index (χ0v) is 15.2. The summed E-state index contributed by atoms with van der Waals surface area (Å²) in [6.07, 6.45) is 5.41. The molecule has 0 bridgehead atoms. The topological polar surface area (TPSA) is 29.5 Å². The van der Waals surface area contributed by atoms with E-state index in [1.165, 1.54) is 11.8 Å². The van der Waals surface area contributed by atoms with E-state index in [0.29, 0.717) is 22.4 Å². The van der Waals surface area contributed by atoms with Gasteiger partial charge in [0.2, 0.25) is 5.91 Å². The van der Waals surface area contributed by atoms with Crippen LogP contribution in [0.2, 0.25) is 10.0 Å². The molecule has 0 aromatic heterocycles. The van der Waals surface area contributed by atoms with Crippen LogP contribution in [0.15, 0.2) is 72.8 Å². The molecular formula is C20H17Cl2NO2. The number of allylic oxidation sites excluding steroid dienone is 1. The Balaban J connectivity index is 1.84. The van der Waals surface area contributed by atoms with Gasteiger partial charge in [0.1, 0.15) is 12.4 Å². The molecule has 128 valence electrons. The minimum atomic E-state index is -0.0957. The summed E-state index contributed by atoms with van der Waals surface area (Å²) in [5.74, 6) is 0.518. The summed E-state index contributed by atoms with van der Waals surface area (Å²) < 4.78 is 6.03. The van der Waals surface area contributed by atoms with E-state index in [1.807, 2.05) is 54.6 Å². The molecule has 0 saturated heterocycles. The first-order valence-corrected chi connectivity index (χ1v) is 8.60. The van der Waals surface area contributed by atoms with Crippen LogP contribution in [0, 0.1) is 0 Å². The predicted molar refractivity (Wildman–Crippen MR) is 100 cm³/mol. The molecule has 3 nitrogen and oxygen atoms in total. The van der Waals surface area contributed by atoms with Crippen molar-refractivity contribution in [1.29, 1.82) is 0 Å². The van der Waals surface area contributed by atoms with Gasteiger partial charge in [0, 0.05) is 23.2 Å². The van der Waals surface area contributed by atoms with Gasteiger partial charge in [-0.05, 0) is 35.4 Å². The molecule has 1 aliphatic rings. The Hall–Kier alpha value is -2.23. The van der Waals surface area contributed by atoms with Gasteiger partial charge in [-0.3, -0.25) is 9.69 Å². The number of benzene rings is 2. The molecule has 5 heteroatoms. The highest BCUT2D eigenvalue weighted by Gasteiger charge is 2.22. The molecule has 1 unspecified atom stereocenters. The summed E-state index contributed by atoms with van der Waals surface area (Å²) in [5.41, 5.74) is 2.01. The van der Waals surface area contributed by atoms with Crippen molar-refractivity contribution in [1.82, 2.24) is 4.90 Å². The van der Waals surface area contributed by atoms with E-state index in [-0.39, 0.29) is 11.8 Å². The van der Waals surface area contributed by atoms with E-state index in [4.69, 9.17) is 27.9 Å². The first-order chi connectivity index (χ1) is 12.0. The van der Waals surface area contributed by atoms with Crippen molar-refractivity contribution in [2.24, 2.45) is 0 Å². The molecule has 1 atom stereocenters. The van der Waals surface area contributed by atoms with Crippen LogP contribution in [0.25, 0.3) is 0 Å². The molecule has 25 heavy (non-hydrogen) atoms. The average molecular weight is 374 g/mol. The van der Waals surface area contributed by atoms with Gasteiger partial charge < -0.3 is 4.74 Å². The maximum Gasteiger partial charge on any atom is 0.227 e. The second-order valence-electron chi connectivity index (χ2n) is 5.75. The molecular weight excluding hydrogens is 357 g/mol. The van der Waals surface area contributed by atoms with Crippen LogP contribution in [0.1, 0.15) is 24.0 Å². The summed E-state index contributed by atoms with van der Waals surface area (Å²) in [6.45, 7) is 1.90. The minimum absolute atomic E-state index is 0.0756. The molecule has 3 rings (SSSR count). The summed E-state index contributed by atoms with van der Waals surface area (Å²) in [4.78, 5) is 13.2. The van der Waals surface area contributed by atoms with Crippen LogP contribution in [-0.2, 0) is 16.1 Å². The number of rotatable bonds is 4. The van der Waals surface area contributed by atoms with Crippen molar-refractivity contribution in [2.75, 3.05) is 0 Å². The quantitative estimate of drug-likeness (QED) is 0.706. The Morgan fingerprint density at radius 2 is 1.88 bits per heavy atom. The third-order valence-corrected chi connectivity index (χ3v) is 4.39. The van der Waals surface area contributed by atoms with Crippen molar-refractivity contribution in [3.8, 4) is 0 Å². The summed E-state index contributed by atoms with van der Waals surface area (Å²) in [7, 11) is 0. The van der Waals surface area contributed by atoms with Gasteiger partial charge in [-0.25, -0.2) is 0 Å². The molecule has 1 heterocycles. The summed E-state index contributed by atoms with van der Waals surface area (Å²) in [6, 6.07) is 15.1. The highest BCUT2D eigenvalue weighted by molar-refractivity contribution is 6.30. The molecule has 0 fully saturated rings. The van der Waals surface area contributed by atoms with Crippen molar-refractivity contribution in [3.63, 3.8) is 0 Å². The number of ether oxygens (including phenoxy) is 1. The molecule has 0 spiro atoms. The highest BCUT2D eigenvalue weighted by Crippen LogP contribution is 2.32. The van der Waals surface area contributed by atoms with Crippen LogP contribution < -0.4 is 0 Å². The summed E-state index contributed by atoms with van der Waals surface area (Å²) >= 11 is 12.0. The van der Waals surface area contributed by atoms with E-state index >= 15 is 0 Å². The minimum Gasteiger partial charge on any atom is -0.491 e. The van der Waals surface area contributed by atoms with Crippen LogP contribution in [-0.4, -0.2) is 10.8 Å². The number of carbonyl (C=O) groups excluding carboxylic acids is 1. The number of carbonyl (C=O) groups is 1. The Labute approximate surface area is 157 Å². The lowest BCUT2D eigenvalue weighted by Crippen LogP contribution is -2.22. The van der Waals surface area contributed by atoms with Crippen LogP contribution >= 0.6 is 23.2 Å². The molecule has 0 radical (unpaired) electrons. The molecule has 2 aromatic carbocycles. The molecule has 1 aliphatic heterocycles. The summed E-state index contributed by atoms with van der Waals surface area (Å²) in [5, 5.41) is 1.35. The van der Waals surface area contributed by atoms with E-state index in [9.17, 15) is 4.79 Å². The number of amides is 1. The number of halogens is 2. The molecule has 0 saturated carbocycles. The third kappa shape index (κ3) is 4.44. The maximum absolute atomic E-state index is 11.7. The van der Waals surface area contributed by atoms with Crippen molar-refractivity contribution >= 4 is 29.1 Å². The lowest BCUT2D eigenvalue weighted by atomic mass is 9.95. The van der Waals surface area contributed by atoms with Gasteiger partial charge in [-0.1, -0.05) is 53.5 Å². The standard InChI is InChI=1S/C20H17Cl2NO2/c1-14(24)23-10-9-19(16-3-2-4-18(22)11-16)20(12-23)25-13-15-5-7-17(21)8-6-15/h2-12,19H,13H2,1H3. The second kappa shape index (κ2) is 7.77. The number of nitrogens with zero attached hydrogens (tertiary/aromatic N) is 1. The van der Waals surface area contributed by atoms with Gasteiger partial charge in [-0.2, -0.15) is 0 Å². The van der Waals surface area contributed by atoms with Crippen LogP contribution in [0.4, 0.5) is 0 Å². The molecule has 1 amide bonds. The first kappa shape index (κ1) is 17.6. The lowest BCUT2D eigenvalue weighted by molar-refractivity contribution is -0.124. The maximum atomic E-state index is 11.7. The SMILES string of the molecule is CC(=O)N1C=CC(c2cccc(Cl)c2)C(OCc2ccc(Cl)cc2)=C1. The predicted octanol–water partition coefficient (Wildman–Crippen LogP) is 5.51. The zero-order valence-electron chi connectivity index (χ0n) is 13.7. The van der Waals surface area contributed by atoms with E-state index in [2.05, 4.69) is 0 Å². The van der Waals surface area contributed by atoms with Crippen molar-refractivity contribution in [2.45, 2.75) is 19.4 Å². The lowest BCUT2D eigenvalue weighted by Gasteiger charge is -2.26. The first-order valence-electron chi connectivity index (χ1n) is 7.84. The zero-order chi connectivity index (χ0) is 17.8. The fourth-order valence-corrected chi connectivity index (χ4v) is 2.90. The monoisotopic (exact) mass is 373 g/mol. The van der Waals surface area contributed by atoms with Gasteiger partial charge >= 0.3 is 0 Å². The van der Waals surface area contributed by atoms with E-state index in [1.54, 1.807) is 12.4 Å². The van der Waals surface area contributed by atoms with Gasteiger partial charge in [0.05, 0.1) is 12.1 Å². The van der Waals surface area contributed by atoms with Crippen molar-refractivity contribution in [3.05, 3.63) is 93.9 Å². The fraction of sp³-hybridized carbons (Fsp3) is 0.150. The van der Waals surface area contributed by atoms with Crippen LogP contribution in [0.3, 0.4) is 0 Å². The second-order valence-corrected chi connectivity index (χ2v) is 6.62. The Morgan fingerprint density at radius 1 is 1.12 bits per heavy atom. The van der Waals surface area contributed by atoms with Crippen LogP contribution in [0.5, 0.6) is 0 Å². The third-order valence-electron chi connectivity index (χ3n) is 3.90. The largest absolute Gasteiger partial charge is 0.491 e. The van der Waals surface area contributed by atoms with Gasteiger partial charge in [0.25, 0.3) is 0 Å². The fourth-order valence-electron chi connectivity index (χ4n) is 2.58. The number of hydrogen-bond donors (Lipinski definition) is 0. The van der Waals surface area contributed by atoms with E-state index < -0.39 is 0 Å². The van der Waals surface area contributed by atoms with E-state index in [0.717, 1.165) is 11.1 Å². The Morgan fingerprint density at radius 3 is 2.56 bits per heavy atom. The highest BCUT2D eigenvalue weighted by atomic mass is 35.5. The molecule has 2 aromatic rings. The number of hydrogen-bond acceptors (Lipinski definition) is 2.